The van der Waals surface area contributed by atoms with Gasteiger partial charge in [0.25, 0.3) is 5.91 Å². The van der Waals surface area contributed by atoms with Crippen molar-refractivity contribution in [3.63, 3.8) is 0 Å². The molecule has 1 aliphatic rings. The largest absolute Gasteiger partial charge is 0.388 e. The van der Waals surface area contributed by atoms with Crippen molar-refractivity contribution in [2.24, 2.45) is 0 Å². The van der Waals surface area contributed by atoms with Crippen LogP contribution < -0.4 is 5.32 Å². The summed E-state index contributed by atoms with van der Waals surface area (Å²) in [6.07, 6.45) is 1.67. The SMILES string of the molecule is CNc1ccnc(C(=O)N2CC(C)N(C)C(C)C2)c1. The Morgan fingerprint density at radius 3 is 2.58 bits per heavy atom. The first-order valence-corrected chi connectivity index (χ1v) is 6.68. The van der Waals surface area contributed by atoms with Crippen molar-refractivity contribution in [1.29, 1.82) is 0 Å². The first-order chi connectivity index (χ1) is 9.02. The molecule has 1 aliphatic heterocycles. The van der Waals surface area contributed by atoms with Gasteiger partial charge in [-0.3, -0.25) is 14.7 Å². The summed E-state index contributed by atoms with van der Waals surface area (Å²) in [5, 5.41) is 3.03. The van der Waals surface area contributed by atoms with E-state index in [9.17, 15) is 4.79 Å². The Kier molecular flexibility index (Phi) is 4.04. The van der Waals surface area contributed by atoms with Crippen LogP contribution in [0, 0.1) is 0 Å². The van der Waals surface area contributed by atoms with Crippen molar-refractivity contribution >= 4 is 11.6 Å². The van der Waals surface area contributed by atoms with Gasteiger partial charge in [-0.05, 0) is 33.0 Å². The number of rotatable bonds is 2. The molecule has 1 saturated heterocycles. The smallest absolute Gasteiger partial charge is 0.272 e. The Morgan fingerprint density at radius 1 is 1.37 bits per heavy atom. The number of anilines is 1. The molecule has 1 aromatic rings. The highest BCUT2D eigenvalue weighted by atomic mass is 16.2. The standard InChI is InChI=1S/C14H22N4O/c1-10-8-18(9-11(2)17(10)4)14(19)13-7-12(15-3)5-6-16-13/h5-7,10-11H,8-9H2,1-4H3,(H,15,16). The predicted octanol–water partition coefficient (Wildman–Crippen LogP) is 1.29. The minimum atomic E-state index is 0.0175. The van der Waals surface area contributed by atoms with Crippen LogP contribution in [0.25, 0.3) is 0 Å². The van der Waals surface area contributed by atoms with E-state index in [0.29, 0.717) is 17.8 Å². The zero-order chi connectivity index (χ0) is 14.0. The first kappa shape index (κ1) is 13.8. The quantitative estimate of drug-likeness (QED) is 0.872. The molecule has 1 fully saturated rings. The van der Waals surface area contributed by atoms with E-state index in [4.69, 9.17) is 0 Å². The first-order valence-electron chi connectivity index (χ1n) is 6.68. The van der Waals surface area contributed by atoms with Gasteiger partial charge in [0, 0.05) is 44.1 Å². The summed E-state index contributed by atoms with van der Waals surface area (Å²) >= 11 is 0. The van der Waals surface area contributed by atoms with Gasteiger partial charge in [-0.15, -0.1) is 0 Å². The summed E-state index contributed by atoms with van der Waals surface area (Å²) in [5.74, 6) is 0.0175. The molecule has 0 bridgehead atoms. The zero-order valence-corrected chi connectivity index (χ0v) is 12.1. The van der Waals surface area contributed by atoms with E-state index in [0.717, 1.165) is 18.8 Å². The fourth-order valence-electron chi connectivity index (χ4n) is 2.44. The Morgan fingerprint density at radius 2 is 2.00 bits per heavy atom. The van der Waals surface area contributed by atoms with Crippen LogP contribution in [0.2, 0.25) is 0 Å². The molecule has 2 unspecified atom stereocenters. The third kappa shape index (κ3) is 2.87. The molecule has 104 valence electrons. The van der Waals surface area contributed by atoms with Crippen molar-refractivity contribution in [3.05, 3.63) is 24.0 Å². The van der Waals surface area contributed by atoms with Crippen molar-refractivity contribution in [2.45, 2.75) is 25.9 Å². The number of carbonyl (C=O) groups is 1. The maximum Gasteiger partial charge on any atom is 0.272 e. The lowest BCUT2D eigenvalue weighted by molar-refractivity contribution is 0.0409. The lowest BCUT2D eigenvalue weighted by Gasteiger charge is -2.42. The molecule has 0 saturated carbocycles. The van der Waals surface area contributed by atoms with Gasteiger partial charge in [-0.2, -0.15) is 0 Å². The van der Waals surface area contributed by atoms with Crippen LogP contribution in [-0.4, -0.2) is 60.0 Å². The molecule has 5 nitrogen and oxygen atoms in total. The lowest BCUT2D eigenvalue weighted by atomic mass is 10.1. The lowest BCUT2D eigenvalue weighted by Crippen LogP contribution is -2.56. The highest BCUT2D eigenvalue weighted by Gasteiger charge is 2.30. The van der Waals surface area contributed by atoms with Gasteiger partial charge in [0.05, 0.1) is 0 Å². The van der Waals surface area contributed by atoms with Gasteiger partial charge in [0.2, 0.25) is 0 Å². The molecule has 2 heterocycles. The van der Waals surface area contributed by atoms with Crippen LogP contribution in [0.1, 0.15) is 24.3 Å². The van der Waals surface area contributed by atoms with Crippen LogP contribution in [0.3, 0.4) is 0 Å². The highest BCUT2D eigenvalue weighted by molar-refractivity contribution is 5.93. The number of likely N-dealkylation sites (N-methyl/N-ethyl adjacent to an activating group) is 1. The maximum atomic E-state index is 12.5. The van der Waals surface area contributed by atoms with Crippen LogP contribution in [0.5, 0.6) is 0 Å². The minimum absolute atomic E-state index is 0.0175. The number of hydrogen-bond acceptors (Lipinski definition) is 4. The normalized spacial score (nSPS) is 24.3. The molecular weight excluding hydrogens is 240 g/mol. The zero-order valence-electron chi connectivity index (χ0n) is 12.1. The van der Waals surface area contributed by atoms with Crippen LogP contribution in [0.4, 0.5) is 5.69 Å². The maximum absolute atomic E-state index is 12.5. The van der Waals surface area contributed by atoms with Crippen LogP contribution in [-0.2, 0) is 0 Å². The molecular formula is C14H22N4O. The number of nitrogens with one attached hydrogen (secondary N) is 1. The Hall–Kier alpha value is -1.62. The average molecular weight is 262 g/mol. The van der Waals surface area contributed by atoms with E-state index in [1.807, 2.05) is 18.0 Å². The molecule has 1 aromatic heterocycles. The number of pyridine rings is 1. The molecule has 19 heavy (non-hydrogen) atoms. The molecule has 0 radical (unpaired) electrons. The van der Waals surface area contributed by atoms with Gasteiger partial charge in [0.1, 0.15) is 5.69 Å². The van der Waals surface area contributed by atoms with Gasteiger partial charge in [-0.1, -0.05) is 0 Å². The summed E-state index contributed by atoms with van der Waals surface area (Å²) in [6.45, 7) is 5.80. The van der Waals surface area contributed by atoms with Crippen LogP contribution >= 0.6 is 0 Å². The molecule has 2 atom stereocenters. The number of piperazine rings is 1. The second-order valence-electron chi connectivity index (χ2n) is 5.25. The number of hydrogen-bond donors (Lipinski definition) is 1. The molecule has 1 amide bonds. The average Bonchev–Trinajstić information content (AvgIpc) is 2.43. The van der Waals surface area contributed by atoms with Gasteiger partial charge < -0.3 is 10.2 Å². The summed E-state index contributed by atoms with van der Waals surface area (Å²) < 4.78 is 0. The molecule has 0 spiro atoms. The Bertz CT molecular complexity index is 451. The van der Waals surface area contributed by atoms with Crippen molar-refractivity contribution in [1.82, 2.24) is 14.8 Å². The van der Waals surface area contributed by atoms with Gasteiger partial charge in [-0.25, -0.2) is 0 Å². The molecule has 0 aliphatic carbocycles. The second kappa shape index (κ2) is 5.57. The predicted molar refractivity (Wildman–Crippen MR) is 76.4 cm³/mol. The van der Waals surface area contributed by atoms with Crippen LogP contribution in [0.15, 0.2) is 18.3 Å². The van der Waals surface area contributed by atoms with E-state index in [2.05, 4.69) is 36.1 Å². The van der Waals surface area contributed by atoms with E-state index < -0.39 is 0 Å². The summed E-state index contributed by atoms with van der Waals surface area (Å²) in [5.41, 5.74) is 1.42. The summed E-state index contributed by atoms with van der Waals surface area (Å²) in [7, 11) is 3.95. The van der Waals surface area contributed by atoms with Crippen molar-refractivity contribution < 1.29 is 4.79 Å². The topological polar surface area (TPSA) is 48.5 Å². The third-order valence-corrected chi connectivity index (χ3v) is 3.91. The molecule has 5 heteroatoms. The molecule has 2 rings (SSSR count). The van der Waals surface area contributed by atoms with Gasteiger partial charge in [0.15, 0.2) is 0 Å². The second-order valence-corrected chi connectivity index (χ2v) is 5.25. The Balaban J connectivity index is 2.15. The van der Waals surface area contributed by atoms with Gasteiger partial charge >= 0.3 is 0 Å². The van der Waals surface area contributed by atoms with Crippen molar-refractivity contribution in [3.8, 4) is 0 Å². The number of aromatic nitrogens is 1. The third-order valence-electron chi connectivity index (χ3n) is 3.91. The molecule has 0 aromatic carbocycles. The fraction of sp³-hybridized carbons (Fsp3) is 0.571. The summed E-state index contributed by atoms with van der Waals surface area (Å²) in [6, 6.07) is 4.41. The highest BCUT2D eigenvalue weighted by Crippen LogP contribution is 2.16. The van der Waals surface area contributed by atoms with Crippen molar-refractivity contribution in [2.75, 3.05) is 32.5 Å². The number of nitrogens with zero attached hydrogens (tertiary/aromatic N) is 3. The Labute approximate surface area is 114 Å². The van der Waals surface area contributed by atoms with E-state index in [1.54, 1.807) is 12.3 Å². The number of carbonyl (C=O) groups excluding carboxylic acids is 1. The summed E-state index contributed by atoms with van der Waals surface area (Å²) in [4.78, 5) is 20.9. The molecule has 1 N–H and O–H groups in total. The fourth-order valence-corrected chi connectivity index (χ4v) is 2.44. The minimum Gasteiger partial charge on any atom is -0.388 e. The number of amides is 1. The van der Waals surface area contributed by atoms with E-state index in [1.165, 1.54) is 0 Å². The van der Waals surface area contributed by atoms with E-state index >= 15 is 0 Å². The monoisotopic (exact) mass is 262 g/mol. The van der Waals surface area contributed by atoms with E-state index in [-0.39, 0.29) is 5.91 Å².